The fraction of sp³-hybridized carbons (Fsp3) is 0.172. The maximum atomic E-state index is 5.33. The lowest BCUT2D eigenvalue weighted by molar-refractivity contribution is 0.415. The van der Waals surface area contributed by atoms with Crippen molar-refractivity contribution >= 4 is 11.8 Å². The number of methoxy groups -OCH3 is 1. The highest BCUT2D eigenvalue weighted by molar-refractivity contribution is 7.98. The van der Waals surface area contributed by atoms with Gasteiger partial charge in [0.1, 0.15) is 11.4 Å². The summed E-state index contributed by atoms with van der Waals surface area (Å²) in [6.45, 7) is 1.78. The van der Waals surface area contributed by atoms with E-state index in [2.05, 4.69) is 44.9 Å². The molecule has 0 amide bonds. The predicted molar refractivity (Wildman–Crippen MR) is 152 cm³/mol. The van der Waals surface area contributed by atoms with Crippen molar-refractivity contribution in [3.8, 4) is 17.1 Å². The van der Waals surface area contributed by atoms with Crippen LogP contribution in [0.2, 0.25) is 0 Å². The van der Waals surface area contributed by atoms with Gasteiger partial charge < -0.3 is 4.74 Å². The predicted octanol–water partition coefficient (Wildman–Crippen LogP) is 4.57. The zero-order chi connectivity index (χ0) is 27.1. The highest BCUT2D eigenvalue weighted by Crippen LogP contribution is 2.26. The fourth-order valence-electron chi connectivity index (χ4n) is 4.25. The number of thioether (sulfide) groups is 1. The molecule has 0 unspecified atom stereocenters. The third-order valence-electron chi connectivity index (χ3n) is 6.21. The Morgan fingerprint density at radius 1 is 0.700 bits per heavy atom. The molecule has 0 aliphatic carbocycles. The summed E-state index contributed by atoms with van der Waals surface area (Å²) >= 11 is 1.52. The van der Waals surface area contributed by atoms with Crippen molar-refractivity contribution in [2.45, 2.75) is 30.5 Å². The van der Waals surface area contributed by atoms with E-state index in [1.54, 1.807) is 7.11 Å². The fourth-order valence-corrected chi connectivity index (χ4v) is 4.97. The Kier molecular flexibility index (Phi) is 7.62. The van der Waals surface area contributed by atoms with Gasteiger partial charge in [-0.15, -0.1) is 15.3 Å². The van der Waals surface area contributed by atoms with E-state index < -0.39 is 0 Å². The van der Waals surface area contributed by atoms with Gasteiger partial charge in [-0.3, -0.25) is 0 Å². The molecule has 40 heavy (non-hydrogen) atoms. The first-order chi connectivity index (χ1) is 19.7. The van der Waals surface area contributed by atoms with Crippen molar-refractivity contribution in [2.24, 2.45) is 0 Å². The SMILES string of the molecule is COc1ccc(-c2nc(SCc3cn(Cc4ccccc4)nn3)nn2Cc2cn(Cc3ccccc3)nn2)cc1. The topological polar surface area (TPSA) is 101 Å². The quantitative estimate of drug-likeness (QED) is 0.217. The molecule has 0 saturated heterocycles. The van der Waals surface area contributed by atoms with E-state index in [0.29, 0.717) is 30.5 Å². The maximum Gasteiger partial charge on any atom is 0.209 e. The summed E-state index contributed by atoms with van der Waals surface area (Å²) in [4.78, 5) is 4.86. The van der Waals surface area contributed by atoms with Gasteiger partial charge in [-0.2, -0.15) is 0 Å². The molecular weight excluding hydrogens is 522 g/mol. The number of rotatable bonds is 11. The van der Waals surface area contributed by atoms with Gasteiger partial charge in [0.05, 0.1) is 38.6 Å². The second kappa shape index (κ2) is 12.0. The molecule has 3 heterocycles. The summed E-state index contributed by atoms with van der Waals surface area (Å²) in [7, 11) is 1.65. The summed E-state index contributed by atoms with van der Waals surface area (Å²) in [5.41, 5.74) is 4.95. The molecular formula is C29H27N9OS. The van der Waals surface area contributed by atoms with Crippen molar-refractivity contribution in [3.63, 3.8) is 0 Å². The normalized spacial score (nSPS) is 11.1. The number of benzene rings is 3. The van der Waals surface area contributed by atoms with Crippen LogP contribution in [0.4, 0.5) is 0 Å². The first-order valence-corrected chi connectivity index (χ1v) is 13.8. The Hall–Kier alpha value is -4.77. The van der Waals surface area contributed by atoms with Crippen molar-refractivity contribution in [1.82, 2.24) is 44.8 Å². The van der Waals surface area contributed by atoms with Crippen LogP contribution in [0.5, 0.6) is 5.75 Å². The lowest BCUT2D eigenvalue weighted by atomic mass is 10.2. The minimum absolute atomic E-state index is 0.441. The molecule has 0 N–H and O–H groups in total. The Bertz CT molecular complexity index is 1660. The summed E-state index contributed by atoms with van der Waals surface area (Å²) in [6, 6.07) is 28.2. The minimum Gasteiger partial charge on any atom is -0.497 e. The summed E-state index contributed by atoms with van der Waals surface area (Å²) in [5.74, 6) is 2.14. The molecule has 0 aliphatic heterocycles. The number of hydrogen-bond acceptors (Lipinski definition) is 8. The van der Waals surface area contributed by atoms with Gasteiger partial charge >= 0.3 is 0 Å². The maximum absolute atomic E-state index is 5.33. The van der Waals surface area contributed by atoms with Gasteiger partial charge in [-0.25, -0.2) is 19.0 Å². The van der Waals surface area contributed by atoms with Crippen molar-refractivity contribution in [1.29, 1.82) is 0 Å². The molecule has 0 spiro atoms. The Balaban J connectivity index is 1.19. The molecule has 6 rings (SSSR count). The van der Waals surface area contributed by atoms with E-state index in [-0.39, 0.29) is 0 Å². The van der Waals surface area contributed by atoms with E-state index >= 15 is 0 Å². The Morgan fingerprint density at radius 2 is 1.30 bits per heavy atom. The van der Waals surface area contributed by atoms with E-state index in [0.717, 1.165) is 34.1 Å². The second-order valence-corrected chi connectivity index (χ2v) is 10.1. The molecule has 3 aromatic heterocycles. The third-order valence-corrected chi connectivity index (χ3v) is 7.08. The zero-order valence-corrected chi connectivity index (χ0v) is 22.7. The van der Waals surface area contributed by atoms with Crippen molar-refractivity contribution < 1.29 is 4.74 Å². The van der Waals surface area contributed by atoms with Crippen molar-refractivity contribution in [3.05, 3.63) is 120 Å². The van der Waals surface area contributed by atoms with Crippen LogP contribution in [0.3, 0.4) is 0 Å². The zero-order valence-electron chi connectivity index (χ0n) is 21.9. The molecule has 0 atom stereocenters. The molecule has 0 aliphatic rings. The summed E-state index contributed by atoms with van der Waals surface area (Å²) in [5, 5.41) is 22.8. The van der Waals surface area contributed by atoms with Crippen LogP contribution in [0.25, 0.3) is 11.4 Å². The first kappa shape index (κ1) is 25.5. The molecule has 0 bridgehead atoms. The van der Waals surface area contributed by atoms with E-state index in [4.69, 9.17) is 14.8 Å². The van der Waals surface area contributed by atoms with Gasteiger partial charge in [0.2, 0.25) is 5.16 Å². The average molecular weight is 550 g/mol. The van der Waals surface area contributed by atoms with Crippen LogP contribution >= 0.6 is 11.8 Å². The number of aromatic nitrogens is 9. The highest BCUT2D eigenvalue weighted by Gasteiger charge is 2.16. The Labute approximate surface area is 235 Å². The average Bonchev–Trinajstić information content (AvgIpc) is 3.74. The second-order valence-electron chi connectivity index (χ2n) is 9.18. The number of ether oxygens (including phenoxy) is 1. The van der Waals surface area contributed by atoms with E-state index in [1.165, 1.54) is 17.3 Å². The third kappa shape index (κ3) is 6.26. The van der Waals surface area contributed by atoms with Crippen LogP contribution in [0.1, 0.15) is 22.5 Å². The lowest BCUT2D eigenvalue weighted by Crippen LogP contribution is -2.05. The number of hydrogen-bond donors (Lipinski definition) is 0. The van der Waals surface area contributed by atoms with E-state index in [1.807, 2.05) is 87.1 Å². The molecule has 3 aromatic carbocycles. The molecule has 0 fully saturated rings. The summed E-state index contributed by atoms with van der Waals surface area (Å²) in [6.07, 6.45) is 3.91. The monoisotopic (exact) mass is 549 g/mol. The van der Waals surface area contributed by atoms with Crippen LogP contribution in [0.15, 0.2) is 102 Å². The van der Waals surface area contributed by atoms with Gasteiger partial charge in [-0.05, 0) is 35.4 Å². The lowest BCUT2D eigenvalue weighted by Gasteiger charge is -2.05. The minimum atomic E-state index is 0.441. The molecule has 200 valence electrons. The standard InChI is InChI=1S/C29H27N9OS/c1-39-27-14-12-24(13-15-27)28-30-29(40-21-26-19-37(35-32-26)17-23-10-6-3-7-11-23)33-38(28)20-25-18-36(34-31-25)16-22-8-4-2-5-9-22/h2-15,18-19H,16-17,20-21H2,1H3. The molecule has 11 heteroatoms. The van der Waals surface area contributed by atoms with Crippen LogP contribution in [-0.4, -0.2) is 51.9 Å². The molecule has 10 nitrogen and oxygen atoms in total. The summed E-state index contributed by atoms with van der Waals surface area (Å²) < 4.78 is 10.9. The molecule has 0 radical (unpaired) electrons. The van der Waals surface area contributed by atoms with Crippen LogP contribution in [-0.2, 0) is 25.4 Å². The van der Waals surface area contributed by atoms with Crippen LogP contribution in [0, 0.1) is 0 Å². The first-order valence-electron chi connectivity index (χ1n) is 12.8. The Morgan fingerprint density at radius 3 is 1.93 bits per heavy atom. The van der Waals surface area contributed by atoms with Crippen molar-refractivity contribution in [2.75, 3.05) is 7.11 Å². The molecule has 0 saturated carbocycles. The van der Waals surface area contributed by atoms with Gasteiger partial charge in [0, 0.05) is 17.5 Å². The molecule has 6 aromatic rings. The van der Waals surface area contributed by atoms with Gasteiger partial charge in [-0.1, -0.05) is 82.9 Å². The van der Waals surface area contributed by atoms with E-state index in [9.17, 15) is 0 Å². The number of nitrogens with zero attached hydrogens (tertiary/aromatic N) is 9. The smallest absolute Gasteiger partial charge is 0.209 e. The largest absolute Gasteiger partial charge is 0.497 e. The van der Waals surface area contributed by atoms with Gasteiger partial charge in [0.25, 0.3) is 0 Å². The van der Waals surface area contributed by atoms with Gasteiger partial charge in [0.15, 0.2) is 5.82 Å². The highest BCUT2D eigenvalue weighted by atomic mass is 32.2. The van der Waals surface area contributed by atoms with Crippen LogP contribution < -0.4 is 4.74 Å².